The second-order valence-corrected chi connectivity index (χ2v) is 6.49. The van der Waals surface area contributed by atoms with Crippen LogP contribution >= 0.6 is 0 Å². The summed E-state index contributed by atoms with van der Waals surface area (Å²) in [5.41, 5.74) is 5.73. The zero-order valence-corrected chi connectivity index (χ0v) is 9.71. The van der Waals surface area contributed by atoms with Gasteiger partial charge in [-0.25, -0.2) is 0 Å². The summed E-state index contributed by atoms with van der Waals surface area (Å²) in [6, 6.07) is 0. The Balaban J connectivity index is 1.87. The van der Waals surface area contributed by atoms with Crippen LogP contribution in [0.5, 0.6) is 0 Å². The molecule has 3 fully saturated rings. The first-order chi connectivity index (χ1) is 7.10. The molecule has 86 valence electrons. The van der Waals surface area contributed by atoms with Crippen LogP contribution in [-0.4, -0.2) is 17.3 Å². The number of rotatable bonds is 2. The van der Waals surface area contributed by atoms with Crippen molar-refractivity contribution >= 4 is 0 Å². The maximum atomic E-state index is 10.8. The summed E-state index contributed by atoms with van der Waals surface area (Å²) in [6.45, 7) is 2.95. The third kappa shape index (κ3) is 1.13. The molecule has 2 heteroatoms. The number of hydrogen-bond acceptors (Lipinski definition) is 2. The molecule has 0 aromatic carbocycles. The highest BCUT2D eigenvalue weighted by Crippen LogP contribution is 2.64. The van der Waals surface area contributed by atoms with E-state index in [2.05, 4.69) is 6.92 Å². The SMILES string of the molecule is CC1CC(O)(C2(CN)CC3CCC2C3)C1. The zero-order chi connectivity index (χ0) is 10.7. The highest BCUT2D eigenvalue weighted by molar-refractivity contribution is 5.14. The van der Waals surface area contributed by atoms with Crippen molar-refractivity contribution in [2.45, 2.75) is 51.0 Å². The molecule has 3 unspecified atom stereocenters. The molecule has 3 saturated carbocycles. The minimum atomic E-state index is -0.402. The third-order valence-electron chi connectivity index (χ3n) is 5.64. The summed E-state index contributed by atoms with van der Waals surface area (Å²) < 4.78 is 0. The lowest BCUT2D eigenvalue weighted by Crippen LogP contribution is -2.61. The molecular formula is C13H23NO. The summed E-state index contributed by atoms with van der Waals surface area (Å²) in [4.78, 5) is 0. The number of nitrogens with two attached hydrogens (primary N) is 1. The Kier molecular flexibility index (Phi) is 2.01. The maximum Gasteiger partial charge on any atom is 0.0723 e. The summed E-state index contributed by atoms with van der Waals surface area (Å²) in [5.74, 6) is 2.31. The van der Waals surface area contributed by atoms with E-state index < -0.39 is 5.60 Å². The number of aliphatic hydroxyl groups is 1. The van der Waals surface area contributed by atoms with Crippen LogP contribution in [0.2, 0.25) is 0 Å². The molecule has 0 spiro atoms. The molecule has 3 N–H and O–H groups in total. The lowest BCUT2D eigenvalue weighted by Gasteiger charge is -2.57. The van der Waals surface area contributed by atoms with Crippen LogP contribution in [0.15, 0.2) is 0 Å². The Morgan fingerprint density at radius 1 is 1.27 bits per heavy atom. The van der Waals surface area contributed by atoms with Crippen molar-refractivity contribution in [2.24, 2.45) is 28.9 Å². The van der Waals surface area contributed by atoms with Gasteiger partial charge in [0, 0.05) is 12.0 Å². The quantitative estimate of drug-likeness (QED) is 0.730. The largest absolute Gasteiger partial charge is 0.389 e. The van der Waals surface area contributed by atoms with E-state index in [4.69, 9.17) is 5.73 Å². The lowest BCUT2D eigenvalue weighted by molar-refractivity contribution is -0.180. The Labute approximate surface area is 92.2 Å². The van der Waals surface area contributed by atoms with Gasteiger partial charge in [0.05, 0.1) is 5.60 Å². The van der Waals surface area contributed by atoms with Crippen molar-refractivity contribution < 1.29 is 5.11 Å². The lowest BCUT2D eigenvalue weighted by atomic mass is 9.52. The minimum Gasteiger partial charge on any atom is -0.389 e. The first kappa shape index (κ1) is 10.1. The first-order valence-corrected chi connectivity index (χ1v) is 6.52. The Morgan fingerprint density at radius 2 is 2.00 bits per heavy atom. The molecule has 15 heavy (non-hydrogen) atoms. The average Bonchev–Trinajstić information content (AvgIpc) is 2.74. The predicted octanol–water partition coefficient (Wildman–Crippen LogP) is 1.91. The van der Waals surface area contributed by atoms with Crippen molar-refractivity contribution in [3.05, 3.63) is 0 Å². The Hall–Kier alpha value is -0.0800. The normalized spacial score (nSPS) is 58.2. The van der Waals surface area contributed by atoms with Gasteiger partial charge >= 0.3 is 0 Å². The smallest absolute Gasteiger partial charge is 0.0723 e. The van der Waals surface area contributed by atoms with E-state index in [1.807, 2.05) is 0 Å². The molecule has 0 aromatic rings. The van der Waals surface area contributed by atoms with Gasteiger partial charge in [0.1, 0.15) is 0 Å². The highest BCUT2D eigenvalue weighted by Gasteiger charge is 2.63. The monoisotopic (exact) mass is 209 g/mol. The molecule has 0 aromatic heterocycles. The van der Waals surface area contributed by atoms with Crippen LogP contribution in [0.3, 0.4) is 0 Å². The summed E-state index contributed by atoms with van der Waals surface area (Å²) in [6.07, 6.45) is 7.24. The molecule has 0 amide bonds. The van der Waals surface area contributed by atoms with Crippen LogP contribution in [0.1, 0.15) is 45.4 Å². The summed E-state index contributed by atoms with van der Waals surface area (Å²) in [7, 11) is 0. The van der Waals surface area contributed by atoms with Crippen molar-refractivity contribution in [1.29, 1.82) is 0 Å². The van der Waals surface area contributed by atoms with Gasteiger partial charge < -0.3 is 10.8 Å². The molecule has 3 aliphatic rings. The molecule has 0 saturated heterocycles. The third-order valence-corrected chi connectivity index (χ3v) is 5.64. The van der Waals surface area contributed by atoms with Crippen LogP contribution in [-0.2, 0) is 0 Å². The molecule has 0 radical (unpaired) electrons. The van der Waals surface area contributed by atoms with E-state index in [1.165, 1.54) is 25.7 Å². The second kappa shape index (κ2) is 2.98. The summed E-state index contributed by atoms with van der Waals surface area (Å²) in [5, 5.41) is 10.8. The van der Waals surface area contributed by atoms with E-state index in [0.29, 0.717) is 12.5 Å². The fraction of sp³-hybridized carbons (Fsp3) is 1.00. The van der Waals surface area contributed by atoms with Gasteiger partial charge in [0.2, 0.25) is 0 Å². The minimum absolute atomic E-state index is 0.0996. The van der Waals surface area contributed by atoms with Crippen LogP contribution in [0.4, 0.5) is 0 Å². The standard InChI is InChI=1S/C13H23NO/c1-9-5-13(15,6-9)12(8-14)7-10-2-3-11(12)4-10/h9-11,15H,2-8,14H2,1H3. The maximum absolute atomic E-state index is 10.8. The number of hydrogen-bond donors (Lipinski definition) is 2. The van der Waals surface area contributed by atoms with Crippen LogP contribution in [0.25, 0.3) is 0 Å². The van der Waals surface area contributed by atoms with Gasteiger partial charge in [0.25, 0.3) is 0 Å². The number of fused-ring (bicyclic) bond motifs is 2. The van der Waals surface area contributed by atoms with E-state index in [0.717, 1.165) is 24.7 Å². The first-order valence-electron chi connectivity index (χ1n) is 6.52. The van der Waals surface area contributed by atoms with E-state index >= 15 is 0 Å². The van der Waals surface area contributed by atoms with E-state index in [9.17, 15) is 5.11 Å². The Bertz CT molecular complexity index is 272. The molecule has 2 bridgehead atoms. The Morgan fingerprint density at radius 3 is 2.40 bits per heavy atom. The molecule has 2 nitrogen and oxygen atoms in total. The van der Waals surface area contributed by atoms with Crippen LogP contribution in [0, 0.1) is 23.2 Å². The van der Waals surface area contributed by atoms with E-state index in [1.54, 1.807) is 0 Å². The molecule has 0 heterocycles. The fourth-order valence-electron chi connectivity index (χ4n) is 4.95. The van der Waals surface area contributed by atoms with Gasteiger partial charge in [-0.15, -0.1) is 0 Å². The van der Waals surface area contributed by atoms with Crippen molar-refractivity contribution in [1.82, 2.24) is 0 Å². The van der Waals surface area contributed by atoms with Crippen molar-refractivity contribution in [2.75, 3.05) is 6.54 Å². The highest BCUT2D eigenvalue weighted by atomic mass is 16.3. The molecule has 3 aliphatic carbocycles. The predicted molar refractivity (Wildman–Crippen MR) is 60.3 cm³/mol. The summed E-state index contributed by atoms with van der Waals surface area (Å²) >= 11 is 0. The van der Waals surface area contributed by atoms with Gasteiger partial charge in [-0.3, -0.25) is 0 Å². The van der Waals surface area contributed by atoms with Gasteiger partial charge in [-0.2, -0.15) is 0 Å². The van der Waals surface area contributed by atoms with E-state index in [-0.39, 0.29) is 5.41 Å². The zero-order valence-electron chi connectivity index (χ0n) is 9.71. The average molecular weight is 209 g/mol. The van der Waals surface area contributed by atoms with Gasteiger partial charge in [-0.05, 0) is 49.9 Å². The molecule has 0 aliphatic heterocycles. The van der Waals surface area contributed by atoms with Crippen molar-refractivity contribution in [3.63, 3.8) is 0 Å². The van der Waals surface area contributed by atoms with Gasteiger partial charge in [-0.1, -0.05) is 13.3 Å². The second-order valence-electron chi connectivity index (χ2n) is 6.49. The topological polar surface area (TPSA) is 46.2 Å². The van der Waals surface area contributed by atoms with Gasteiger partial charge in [0.15, 0.2) is 0 Å². The fourth-order valence-corrected chi connectivity index (χ4v) is 4.95. The van der Waals surface area contributed by atoms with Crippen molar-refractivity contribution in [3.8, 4) is 0 Å². The molecule has 3 rings (SSSR count). The molecular weight excluding hydrogens is 186 g/mol. The molecule has 3 atom stereocenters. The van der Waals surface area contributed by atoms with Crippen LogP contribution < -0.4 is 5.73 Å².